The van der Waals surface area contributed by atoms with Gasteiger partial charge in [0, 0.05) is 13.3 Å². The van der Waals surface area contributed by atoms with Gasteiger partial charge < -0.3 is 15.4 Å². The molecular weight excluding hydrogens is 308 g/mol. The smallest absolute Gasteiger partial charge is 0.329 e. The molecule has 6 heteroatoms. The average Bonchev–Trinajstić information content (AvgIpc) is 2.56. The highest BCUT2D eigenvalue weighted by atomic mass is 16.5. The van der Waals surface area contributed by atoms with Gasteiger partial charge >= 0.3 is 5.97 Å². The summed E-state index contributed by atoms with van der Waals surface area (Å²) in [6.45, 7) is 1.38. The summed E-state index contributed by atoms with van der Waals surface area (Å²) in [5.74, 6) is -0.889. The first-order chi connectivity index (χ1) is 11.6. The molecule has 0 aliphatic carbocycles. The molecule has 0 saturated carbocycles. The Morgan fingerprint density at radius 1 is 1.21 bits per heavy atom. The first-order valence-corrected chi connectivity index (χ1v) is 7.99. The number of cyclic esters (lactones) is 1. The number of rotatable bonds is 2. The van der Waals surface area contributed by atoms with Gasteiger partial charge in [0.15, 0.2) is 0 Å². The highest BCUT2D eigenvalue weighted by Gasteiger charge is 2.23. The average molecular weight is 330 g/mol. The van der Waals surface area contributed by atoms with E-state index >= 15 is 0 Å². The first-order valence-electron chi connectivity index (χ1n) is 7.99. The van der Waals surface area contributed by atoms with Crippen LogP contribution in [-0.4, -0.2) is 30.4 Å². The third kappa shape index (κ3) is 5.53. The number of hydrogen-bond acceptors (Lipinski definition) is 4. The molecule has 24 heavy (non-hydrogen) atoms. The summed E-state index contributed by atoms with van der Waals surface area (Å²) in [5, 5.41) is 5.48. The van der Waals surface area contributed by atoms with Crippen LogP contribution in [0.5, 0.6) is 0 Å². The molecule has 0 aromatic heterocycles. The van der Waals surface area contributed by atoms with Crippen LogP contribution in [0.4, 0.5) is 0 Å². The van der Waals surface area contributed by atoms with Crippen LogP contribution in [0.25, 0.3) is 0 Å². The number of amides is 2. The summed E-state index contributed by atoms with van der Waals surface area (Å²) >= 11 is 0. The monoisotopic (exact) mass is 330 g/mol. The molecule has 0 fully saturated rings. The number of ether oxygens (including phenoxy) is 1. The Kier molecular flexibility index (Phi) is 6.54. The van der Waals surface area contributed by atoms with E-state index in [2.05, 4.69) is 10.6 Å². The van der Waals surface area contributed by atoms with Crippen molar-refractivity contribution >= 4 is 17.8 Å². The van der Waals surface area contributed by atoms with Gasteiger partial charge in [-0.3, -0.25) is 9.59 Å². The molecule has 0 unspecified atom stereocenters. The normalized spacial score (nSPS) is 23.9. The maximum atomic E-state index is 12.2. The molecule has 1 aromatic rings. The quantitative estimate of drug-likeness (QED) is 0.638. The minimum absolute atomic E-state index is 0.0222. The Balaban J connectivity index is 2.15. The summed E-state index contributed by atoms with van der Waals surface area (Å²) in [4.78, 5) is 35.5. The van der Waals surface area contributed by atoms with E-state index in [0.717, 1.165) is 5.56 Å². The van der Waals surface area contributed by atoms with Crippen LogP contribution in [0.3, 0.4) is 0 Å². The predicted octanol–water partition coefficient (Wildman–Crippen LogP) is 1.63. The van der Waals surface area contributed by atoms with Crippen molar-refractivity contribution in [3.05, 3.63) is 48.0 Å². The second-order valence-corrected chi connectivity index (χ2v) is 5.66. The Morgan fingerprint density at radius 3 is 2.67 bits per heavy atom. The van der Waals surface area contributed by atoms with E-state index in [9.17, 15) is 14.4 Å². The van der Waals surface area contributed by atoms with Crippen LogP contribution in [0, 0.1) is 0 Å². The zero-order valence-corrected chi connectivity index (χ0v) is 13.7. The van der Waals surface area contributed by atoms with Crippen LogP contribution < -0.4 is 10.6 Å². The lowest BCUT2D eigenvalue weighted by Crippen LogP contribution is -2.42. The van der Waals surface area contributed by atoms with Crippen molar-refractivity contribution < 1.29 is 19.1 Å². The molecule has 0 saturated heterocycles. The summed E-state index contributed by atoms with van der Waals surface area (Å²) in [7, 11) is 0. The maximum Gasteiger partial charge on any atom is 0.329 e. The van der Waals surface area contributed by atoms with Crippen LogP contribution in [-0.2, 0) is 19.1 Å². The molecule has 2 atom stereocenters. The lowest BCUT2D eigenvalue weighted by atomic mass is 10.1. The summed E-state index contributed by atoms with van der Waals surface area (Å²) in [6, 6.07) is 8.22. The van der Waals surface area contributed by atoms with Crippen molar-refractivity contribution in [2.75, 3.05) is 6.61 Å². The van der Waals surface area contributed by atoms with E-state index in [4.69, 9.17) is 4.74 Å². The maximum absolute atomic E-state index is 12.2. The lowest BCUT2D eigenvalue weighted by Gasteiger charge is -2.22. The van der Waals surface area contributed by atoms with E-state index in [0.29, 0.717) is 19.3 Å². The van der Waals surface area contributed by atoms with Gasteiger partial charge in [-0.1, -0.05) is 42.5 Å². The molecule has 0 radical (unpaired) electrons. The number of benzene rings is 1. The van der Waals surface area contributed by atoms with Crippen molar-refractivity contribution in [2.24, 2.45) is 0 Å². The van der Waals surface area contributed by atoms with Gasteiger partial charge in [-0.15, -0.1) is 0 Å². The molecule has 2 N–H and O–H groups in total. The summed E-state index contributed by atoms with van der Waals surface area (Å²) < 4.78 is 5.34. The molecule has 1 aliphatic rings. The number of nitrogens with one attached hydrogen (secondary N) is 2. The van der Waals surface area contributed by atoms with Crippen LogP contribution in [0.1, 0.15) is 37.8 Å². The standard InChI is InChI=1S/C18H22N2O4/c1-13(21)19-15-10-6-3-7-11-17(22)20-16(12-24-18(15)23)14-8-4-2-5-9-14/h2-6,8-9,15-16H,7,10-12H2,1H3,(H,19,21)(H,20,22)/b6-3+/t15-,16+/m1/s1. The zero-order valence-electron chi connectivity index (χ0n) is 13.7. The van der Waals surface area contributed by atoms with Gasteiger partial charge in [-0.25, -0.2) is 4.79 Å². The Labute approximate surface area is 141 Å². The third-order valence-electron chi connectivity index (χ3n) is 3.67. The fourth-order valence-electron chi connectivity index (χ4n) is 2.46. The molecule has 128 valence electrons. The van der Waals surface area contributed by atoms with Gasteiger partial charge in [-0.2, -0.15) is 0 Å². The molecular formula is C18H22N2O4. The minimum atomic E-state index is -0.717. The number of carbonyl (C=O) groups is 3. The van der Waals surface area contributed by atoms with E-state index in [1.54, 1.807) is 6.08 Å². The second kappa shape index (κ2) is 8.86. The highest BCUT2D eigenvalue weighted by Crippen LogP contribution is 2.15. The second-order valence-electron chi connectivity index (χ2n) is 5.66. The van der Waals surface area contributed by atoms with Gasteiger partial charge in [0.2, 0.25) is 11.8 Å². The minimum Gasteiger partial charge on any atom is -0.462 e. The van der Waals surface area contributed by atoms with Crippen LogP contribution in [0.2, 0.25) is 0 Å². The van der Waals surface area contributed by atoms with E-state index in [1.165, 1.54) is 6.92 Å². The Hall–Kier alpha value is -2.63. The number of hydrogen-bond donors (Lipinski definition) is 2. The molecule has 6 nitrogen and oxygen atoms in total. The first kappa shape index (κ1) is 17.7. The van der Waals surface area contributed by atoms with Crippen molar-refractivity contribution in [3.8, 4) is 0 Å². The highest BCUT2D eigenvalue weighted by molar-refractivity contribution is 5.83. The molecule has 2 rings (SSSR count). The van der Waals surface area contributed by atoms with Crippen molar-refractivity contribution in [1.29, 1.82) is 0 Å². The topological polar surface area (TPSA) is 84.5 Å². The van der Waals surface area contributed by atoms with Crippen molar-refractivity contribution in [1.82, 2.24) is 10.6 Å². The molecule has 0 spiro atoms. The van der Waals surface area contributed by atoms with Gasteiger partial charge in [0.25, 0.3) is 0 Å². The zero-order chi connectivity index (χ0) is 17.4. The molecule has 1 aromatic carbocycles. The molecule has 1 heterocycles. The largest absolute Gasteiger partial charge is 0.462 e. The predicted molar refractivity (Wildman–Crippen MR) is 88.9 cm³/mol. The Morgan fingerprint density at radius 2 is 1.96 bits per heavy atom. The number of carbonyl (C=O) groups excluding carboxylic acids is 3. The van der Waals surface area contributed by atoms with E-state index < -0.39 is 18.1 Å². The lowest BCUT2D eigenvalue weighted by molar-refractivity contribution is -0.148. The van der Waals surface area contributed by atoms with Crippen molar-refractivity contribution in [3.63, 3.8) is 0 Å². The molecule has 1 aliphatic heterocycles. The molecule has 0 bridgehead atoms. The van der Waals surface area contributed by atoms with Crippen LogP contribution >= 0.6 is 0 Å². The summed E-state index contributed by atoms with van der Waals surface area (Å²) in [6.07, 6.45) is 4.90. The SMILES string of the molecule is CC(=O)N[C@@H]1C/C=C/CCC(=O)N[C@H](c2ccccc2)COC1=O. The Bertz CT molecular complexity index is 613. The fraction of sp³-hybridized carbons (Fsp3) is 0.389. The summed E-state index contributed by atoms with van der Waals surface area (Å²) in [5.41, 5.74) is 0.863. The van der Waals surface area contributed by atoms with E-state index in [1.807, 2.05) is 36.4 Å². The van der Waals surface area contributed by atoms with Gasteiger partial charge in [0.1, 0.15) is 12.6 Å². The van der Waals surface area contributed by atoms with Gasteiger partial charge in [-0.05, 0) is 18.4 Å². The number of allylic oxidation sites excluding steroid dienone is 1. The molecule has 2 amide bonds. The fourth-order valence-corrected chi connectivity index (χ4v) is 2.46. The van der Waals surface area contributed by atoms with Gasteiger partial charge in [0.05, 0.1) is 6.04 Å². The number of esters is 1. The van der Waals surface area contributed by atoms with E-state index in [-0.39, 0.29) is 18.4 Å². The van der Waals surface area contributed by atoms with Crippen LogP contribution in [0.15, 0.2) is 42.5 Å². The third-order valence-corrected chi connectivity index (χ3v) is 3.67. The van der Waals surface area contributed by atoms with Crippen molar-refractivity contribution in [2.45, 2.75) is 38.3 Å².